The molecule has 1 rings (SSSR count). The van der Waals surface area contributed by atoms with Crippen LogP contribution in [0.15, 0.2) is 17.5 Å². The number of rotatable bonds is 7. The van der Waals surface area contributed by atoms with E-state index in [9.17, 15) is 4.79 Å². The summed E-state index contributed by atoms with van der Waals surface area (Å²) in [7, 11) is 1.96. The van der Waals surface area contributed by atoms with Crippen LogP contribution in [0.5, 0.6) is 0 Å². The van der Waals surface area contributed by atoms with E-state index in [2.05, 4.69) is 6.07 Å². The summed E-state index contributed by atoms with van der Waals surface area (Å²) in [6.07, 6.45) is 0. The van der Waals surface area contributed by atoms with Gasteiger partial charge in [-0.3, -0.25) is 9.69 Å². The Hall–Kier alpha value is -0.910. The minimum atomic E-state index is 0.129. The Morgan fingerprint density at radius 3 is 2.56 bits per heavy atom. The lowest BCUT2D eigenvalue weighted by Crippen LogP contribution is -2.41. The maximum atomic E-state index is 12.1. The Bertz CT molecular complexity index is 349. The van der Waals surface area contributed by atoms with Crippen LogP contribution < -0.4 is 5.73 Å². The molecule has 2 N–H and O–H groups in total. The van der Waals surface area contributed by atoms with E-state index in [0.717, 1.165) is 13.1 Å². The van der Waals surface area contributed by atoms with Crippen molar-refractivity contribution in [2.75, 3.05) is 33.2 Å². The zero-order valence-corrected chi connectivity index (χ0v) is 12.2. The van der Waals surface area contributed by atoms with Crippen molar-refractivity contribution in [3.63, 3.8) is 0 Å². The molecule has 1 aromatic rings. The highest BCUT2D eigenvalue weighted by molar-refractivity contribution is 7.10. The minimum Gasteiger partial charge on any atom is -0.342 e. The van der Waals surface area contributed by atoms with Crippen LogP contribution in [0.1, 0.15) is 24.8 Å². The smallest absolute Gasteiger partial charge is 0.236 e. The molecule has 0 radical (unpaired) electrons. The molecule has 0 fully saturated rings. The molecule has 0 aliphatic heterocycles. The first kappa shape index (κ1) is 15.1. The van der Waals surface area contributed by atoms with E-state index < -0.39 is 0 Å². The van der Waals surface area contributed by atoms with Crippen molar-refractivity contribution in [3.8, 4) is 0 Å². The van der Waals surface area contributed by atoms with E-state index in [1.807, 2.05) is 42.1 Å². The van der Waals surface area contributed by atoms with Crippen LogP contribution in [-0.4, -0.2) is 48.9 Å². The molecule has 0 saturated heterocycles. The van der Waals surface area contributed by atoms with Gasteiger partial charge in [-0.05, 0) is 32.3 Å². The van der Waals surface area contributed by atoms with Crippen LogP contribution in [0.3, 0.4) is 0 Å². The standard InChI is InChI=1S/C13H23N3OS/c1-4-16(5-2)13(17)10-15(3)11(9-14)12-7-6-8-18-12/h6-8,11H,4-5,9-10,14H2,1-3H3. The van der Waals surface area contributed by atoms with Crippen LogP contribution in [0.4, 0.5) is 0 Å². The van der Waals surface area contributed by atoms with E-state index in [0.29, 0.717) is 13.1 Å². The van der Waals surface area contributed by atoms with Crippen molar-refractivity contribution in [2.24, 2.45) is 5.73 Å². The van der Waals surface area contributed by atoms with E-state index in [1.54, 1.807) is 11.3 Å². The van der Waals surface area contributed by atoms with Gasteiger partial charge >= 0.3 is 0 Å². The molecule has 0 aliphatic rings. The van der Waals surface area contributed by atoms with E-state index >= 15 is 0 Å². The number of hydrogen-bond donors (Lipinski definition) is 1. The third kappa shape index (κ3) is 3.80. The first-order valence-electron chi connectivity index (χ1n) is 6.35. The van der Waals surface area contributed by atoms with Crippen LogP contribution in [0.2, 0.25) is 0 Å². The molecule has 0 spiro atoms. The molecule has 102 valence electrons. The fraction of sp³-hybridized carbons (Fsp3) is 0.615. The van der Waals surface area contributed by atoms with Gasteiger partial charge in [-0.2, -0.15) is 0 Å². The number of likely N-dealkylation sites (N-methyl/N-ethyl adjacent to an activating group) is 2. The van der Waals surface area contributed by atoms with E-state index in [4.69, 9.17) is 5.73 Å². The van der Waals surface area contributed by atoms with Crippen molar-refractivity contribution < 1.29 is 4.79 Å². The topological polar surface area (TPSA) is 49.6 Å². The third-order valence-corrected chi connectivity index (χ3v) is 4.10. The molecule has 1 heterocycles. The third-order valence-electron chi connectivity index (χ3n) is 3.13. The molecule has 5 heteroatoms. The largest absolute Gasteiger partial charge is 0.342 e. The Balaban J connectivity index is 2.63. The van der Waals surface area contributed by atoms with Gasteiger partial charge < -0.3 is 10.6 Å². The Morgan fingerprint density at radius 1 is 1.44 bits per heavy atom. The maximum Gasteiger partial charge on any atom is 0.236 e. The number of carbonyl (C=O) groups excluding carboxylic acids is 1. The van der Waals surface area contributed by atoms with Crippen molar-refractivity contribution in [2.45, 2.75) is 19.9 Å². The molecule has 1 amide bonds. The number of amides is 1. The van der Waals surface area contributed by atoms with Crippen molar-refractivity contribution in [1.82, 2.24) is 9.80 Å². The fourth-order valence-corrected chi connectivity index (χ4v) is 2.90. The normalized spacial score (nSPS) is 12.7. The van der Waals surface area contributed by atoms with Crippen molar-refractivity contribution >= 4 is 17.2 Å². The molecule has 1 aromatic heterocycles. The van der Waals surface area contributed by atoms with E-state index in [1.165, 1.54) is 4.88 Å². The highest BCUT2D eigenvalue weighted by atomic mass is 32.1. The quantitative estimate of drug-likeness (QED) is 0.817. The summed E-state index contributed by atoms with van der Waals surface area (Å²) >= 11 is 1.68. The summed E-state index contributed by atoms with van der Waals surface area (Å²) in [6.45, 7) is 6.47. The lowest BCUT2D eigenvalue weighted by atomic mass is 10.2. The van der Waals surface area contributed by atoms with Gasteiger partial charge in [0.2, 0.25) is 5.91 Å². The predicted molar refractivity (Wildman–Crippen MR) is 76.7 cm³/mol. The molecule has 4 nitrogen and oxygen atoms in total. The Labute approximate surface area is 113 Å². The van der Waals surface area contributed by atoms with Crippen LogP contribution in [0.25, 0.3) is 0 Å². The molecule has 0 bridgehead atoms. The second-order valence-electron chi connectivity index (χ2n) is 4.25. The van der Waals surface area contributed by atoms with Gasteiger partial charge in [-0.25, -0.2) is 0 Å². The molecule has 18 heavy (non-hydrogen) atoms. The number of thiophene rings is 1. The van der Waals surface area contributed by atoms with Crippen LogP contribution in [-0.2, 0) is 4.79 Å². The fourth-order valence-electron chi connectivity index (χ4n) is 1.99. The van der Waals surface area contributed by atoms with Crippen molar-refractivity contribution in [3.05, 3.63) is 22.4 Å². The minimum absolute atomic E-state index is 0.129. The van der Waals surface area contributed by atoms with Crippen molar-refractivity contribution in [1.29, 1.82) is 0 Å². The predicted octanol–water partition coefficient (Wildman–Crippen LogP) is 1.55. The monoisotopic (exact) mass is 269 g/mol. The summed E-state index contributed by atoms with van der Waals surface area (Å²) < 4.78 is 0. The molecule has 0 aromatic carbocycles. The van der Waals surface area contributed by atoms with Gasteiger partial charge in [-0.1, -0.05) is 6.07 Å². The molecule has 0 aliphatic carbocycles. The Kier molecular flexibility index (Phi) is 6.32. The summed E-state index contributed by atoms with van der Waals surface area (Å²) in [5, 5.41) is 2.04. The number of nitrogens with zero attached hydrogens (tertiary/aromatic N) is 2. The van der Waals surface area contributed by atoms with Gasteiger partial charge in [0.25, 0.3) is 0 Å². The second kappa shape index (κ2) is 7.51. The molecule has 0 saturated carbocycles. The summed E-state index contributed by atoms with van der Waals surface area (Å²) in [4.78, 5) is 17.1. The maximum absolute atomic E-state index is 12.1. The van der Waals surface area contributed by atoms with Gasteiger partial charge in [0, 0.05) is 24.5 Å². The average molecular weight is 269 g/mol. The zero-order chi connectivity index (χ0) is 13.5. The highest BCUT2D eigenvalue weighted by Crippen LogP contribution is 2.22. The lowest BCUT2D eigenvalue weighted by Gasteiger charge is -2.28. The number of carbonyl (C=O) groups is 1. The summed E-state index contributed by atoms with van der Waals surface area (Å²) in [5.74, 6) is 0.164. The van der Waals surface area contributed by atoms with E-state index in [-0.39, 0.29) is 11.9 Å². The first-order valence-corrected chi connectivity index (χ1v) is 7.23. The van der Waals surface area contributed by atoms with Gasteiger partial charge in [-0.15, -0.1) is 11.3 Å². The second-order valence-corrected chi connectivity index (χ2v) is 5.23. The first-order chi connectivity index (χ1) is 8.63. The molecule has 1 unspecified atom stereocenters. The summed E-state index contributed by atoms with van der Waals surface area (Å²) in [6, 6.07) is 4.22. The number of hydrogen-bond acceptors (Lipinski definition) is 4. The molecular weight excluding hydrogens is 246 g/mol. The highest BCUT2D eigenvalue weighted by Gasteiger charge is 2.20. The lowest BCUT2D eigenvalue weighted by molar-refractivity contribution is -0.132. The average Bonchev–Trinajstić information content (AvgIpc) is 2.85. The number of nitrogens with two attached hydrogens (primary N) is 1. The molecular formula is C13H23N3OS. The van der Waals surface area contributed by atoms with Crippen LogP contribution >= 0.6 is 11.3 Å². The van der Waals surface area contributed by atoms with Crippen LogP contribution in [0, 0.1) is 0 Å². The SMILES string of the molecule is CCN(CC)C(=O)CN(C)C(CN)c1cccs1. The summed E-state index contributed by atoms with van der Waals surface area (Å²) in [5.41, 5.74) is 5.82. The van der Waals surface area contributed by atoms with Gasteiger partial charge in [0.05, 0.1) is 12.6 Å². The van der Waals surface area contributed by atoms with Gasteiger partial charge in [0.1, 0.15) is 0 Å². The zero-order valence-electron chi connectivity index (χ0n) is 11.4. The van der Waals surface area contributed by atoms with Gasteiger partial charge in [0.15, 0.2) is 0 Å². The Morgan fingerprint density at radius 2 is 2.11 bits per heavy atom. The molecule has 1 atom stereocenters.